The number of rotatable bonds is 5. The van der Waals surface area contributed by atoms with Crippen molar-refractivity contribution in [2.75, 3.05) is 14.2 Å². The van der Waals surface area contributed by atoms with Crippen LogP contribution in [-0.2, 0) is 4.74 Å². The van der Waals surface area contributed by atoms with Gasteiger partial charge in [-0.3, -0.25) is 10.1 Å². The Labute approximate surface area is 130 Å². The van der Waals surface area contributed by atoms with Gasteiger partial charge in [-0.25, -0.2) is 10.2 Å². The summed E-state index contributed by atoms with van der Waals surface area (Å²) in [5.74, 6) is 1.12. The van der Waals surface area contributed by atoms with Crippen molar-refractivity contribution in [2.24, 2.45) is 5.10 Å². The average molecular weight is 319 g/mol. The molecular weight excluding hydrogens is 306 g/mol. The number of non-ortho nitro benzene ring substituents is 1. The lowest BCUT2D eigenvalue weighted by molar-refractivity contribution is -0.384. The van der Waals surface area contributed by atoms with Gasteiger partial charge in [0.05, 0.1) is 37.0 Å². The third kappa shape index (κ3) is 3.84. The van der Waals surface area contributed by atoms with Gasteiger partial charge in [-0.15, -0.1) is 0 Å². The molecule has 1 N–H and O–H groups in total. The molecule has 1 amide bonds. The molecule has 1 heterocycles. The molecule has 0 radical (unpaired) electrons. The van der Waals surface area contributed by atoms with Gasteiger partial charge in [0, 0.05) is 6.07 Å². The van der Waals surface area contributed by atoms with E-state index in [9.17, 15) is 14.9 Å². The number of carbonyl (C=O) groups is 1. The van der Waals surface area contributed by atoms with Gasteiger partial charge in [-0.05, 0) is 18.2 Å². The summed E-state index contributed by atoms with van der Waals surface area (Å²) >= 11 is 0. The van der Waals surface area contributed by atoms with Crippen molar-refractivity contribution >= 4 is 18.0 Å². The number of hydrogen-bond donors (Lipinski definition) is 1. The van der Waals surface area contributed by atoms with E-state index in [1.165, 1.54) is 38.6 Å². The lowest BCUT2D eigenvalue weighted by Gasteiger charge is -2.05. The first-order chi connectivity index (χ1) is 11.0. The molecule has 0 bridgehead atoms. The summed E-state index contributed by atoms with van der Waals surface area (Å²) in [4.78, 5) is 21.1. The second kappa shape index (κ2) is 7.07. The highest BCUT2D eigenvalue weighted by atomic mass is 16.6. The van der Waals surface area contributed by atoms with Gasteiger partial charge in [0.25, 0.3) is 5.69 Å². The molecule has 0 saturated heterocycles. The Morgan fingerprint density at radius 3 is 2.78 bits per heavy atom. The molecule has 0 aliphatic carbocycles. The number of amides is 1. The van der Waals surface area contributed by atoms with Crippen molar-refractivity contribution in [3.05, 3.63) is 46.2 Å². The maximum Gasteiger partial charge on any atom is 0.427 e. The first-order valence-electron chi connectivity index (χ1n) is 6.35. The topological polar surface area (TPSA) is 116 Å². The summed E-state index contributed by atoms with van der Waals surface area (Å²) in [6.45, 7) is 0. The molecular formula is C14H13N3O6. The van der Waals surface area contributed by atoms with Crippen LogP contribution in [0.4, 0.5) is 10.5 Å². The van der Waals surface area contributed by atoms with Crippen LogP contribution in [0.2, 0.25) is 0 Å². The highest BCUT2D eigenvalue weighted by molar-refractivity contribution is 5.79. The second-order valence-corrected chi connectivity index (χ2v) is 4.21. The summed E-state index contributed by atoms with van der Waals surface area (Å²) in [5.41, 5.74) is 2.59. The number of ether oxygens (including phenoxy) is 2. The Bertz CT molecular complexity index is 753. The fourth-order valence-electron chi connectivity index (χ4n) is 1.76. The highest BCUT2D eigenvalue weighted by Gasteiger charge is 2.15. The molecule has 9 heteroatoms. The van der Waals surface area contributed by atoms with Crippen LogP contribution < -0.4 is 10.2 Å². The zero-order valence-electron chi connectivity index (χ0n) is 12.3. The number of methoxy groups -OCH3 is 2. The van der Waals surface area contributed by atoms with Crippen LogP contribution in [0.5, 0.6) is 5.75 Å². The van der Waals surface area contributed by atoms with Crippen LogP contribution >= 0.6 is 0 Å². The Hall–Kier alpha value is -3.36. The van der Waals surface area contributed by atoms with Gasteiger partial charge >= 0.3 is 6.09 Å². The van der Waals surface area contributed by atoms with E-state index in [0.717, 1.165) is 0 Å². The van der Waals surface area contributed by atoms with E-state index in [2.05, 4.69) is 15.3 Å². The van der Waals surface area contributed by atoms with Crippen LogP contribution in [0.15, 0.2) is 39.9 Å². The van der Waals surface area contributed by atoms with Gasteiger partial charge in [-0.1, -0.05) is 0 Å². The first kappa shape index (κ1) is 16.0. The standard InChI is InChI=1S/C14H13N3O6/c1-21-13-7-9(17(19)20)3-5-11(13)12-6-4-10(23-12)8-15-16-14(18)22-2/h3-8H,1-2H3,(H,16,18)/b15-8-. The lowest BCUT2D eigenvalue weighted by atomic mass is 10.1. The fourth-order valence-corrected chi connectivity index (χ4v) is 1.76. The summed E-state index contributed by atoms with van der Waals surface area (Å²) in [5, 5.41) is 14.4. The zero-order chi connectivity index (χ0) is 16.8. The molecule has 0 aliphatic rings. The molecule has 1 aromatic heterocycles. The normalized spacial score (nSPS) is 10.5. The van der Waals surface area contributed by atoms with Gasteiger partial charge < -0.3 is 13.9 Å². The third-order valence-electron chi connectivity index (χ3n) is 2.82. The second-order valence-electron chi connectivity index (χ2n) is 4.21. The number of furan rings is 1. The van der Waals surface area contributed by atoms with Crippen LogP contribution in [0.25, 0.3) is 11.3 Å². The SMILES string of the molecule is COC(=O)N/N=C\c1ccc(-c2ccc([N+](=O)[O-])cc2OC)o1. The van der Waals surface area contributed by atoms with Gasteiger partial charge in [-0.2, -0.15) is 5.10 Å². The van der Waals surface area contributed by atoms with Crippen molar-refractivity contribution in [1.29, 1.82) is 0 Å². The molecule has 0 spiro atoms. The van der Waals surface area contributed by atoms with Crippen LogP contribution in [0, 0.1) is 10.1 Å². The van der Waals surface area contributed by atoms with Gasteiger partial charge in [0.2, 0.25) is 0 Å². The van der Waals surface area contributed by atoms with E-state index >= 15 is 0 Å². The van der Waals surface area contributed by atoms with Crippen molar-refractivity contribution in [1.82, 2.24) is 5.43 Å². The van der Waals surface area contributed by atoms with Crippen molar-refractivity contribution in [3.63, 3.8) is 0 Å². The van der Waals surface area contributed by atoms with Crippen LogP contribution in [0.1, 0.15) is 5.76 Å². The number of hydrogen-bond acceptors (Lipinski definition) is 7. The van der Waals surface area contributed by atoms with Crippen molar-refractivity contribution < 1.29 is 23.6 Å². The number of carbonyl (C=O) groups excluding carboxylic acids is 1. The van der Waals surface area contributed by atoms with E-state index < -0.39 is 11.0 Å². The molecule has 120 valence electrons. The van der Waals surface area contributed by atoms with E-state index in [0.29, 0.717) is 22.8 Å². The Kier molecular flexibility index (Phi) is 4.92. The van der Waals surface area contributed by atoms with E-state index in [1.807, 2.05) is 0 Å². The first-order valence-corrected chi connectivity index (χ1v) is 6.35. The maximum absolute atomic E-state index is 10.8. The molecule has 0 atom stereocenters. The number of nitrogens with one attached hydrogen (secondary N) is 1. The maximum atomic E-state index is 10.8. The number of nitrogens with zero attached hydrogens (tertiary/aromatic N) is 2. The summed E-state index contributed by atoms with van der Waals surface area (Å²) in [7, 11) is 2.63. The molecule has 23 heavy (non-hydrogen) atoms. The molecule has 0 unspecified atom stereocenters. The molecule has 2 aromatic rings. The summed E-state index contributed by atoms with van der Waals surface area (Å²) < 4.78 is 15.0. The predicted octanol–water partition coefficient (Wildman–Crippen LogP) is 2.55. The average Bonchev–Trinajstić information content (AvgIpc) is 3.02. The number of nitro groups is 1. The summed E-state index contributed by atoms with van der Waals surface area (Å²) in [6.07, 6.45) is 0.586. The van der Waals surface area contributed by atoms with Crippen molar-refractivity contribution in [3.8, 4) is 17.1 Å². The third-order valence-corrected chi connectivity index (χ3v) is 2.82. The van der Waals surface area contributed by atoms with E-state index in [4.69, 9.17) is 9.15 Å². The van der Waals surface area contributed by atoms with Crippen LogP contribution in [0.3, 0.4) is 0 Å². The monoisotopic (exact) mass is 319 g/mol. The molecule has 0 aliphatic heterocycles. The minimum Gasteiger partial charge on any atom is -0.496 e. The fraction of sp³-hybridized carbons (Fsp3) is 0.143. The van der Waals surface area contributed by atoms with E-state index in [1.54, 1.807) is 12.1 Å². The lowest BCUT2D eigenvalue weighted by Crippen LogP contribution is -2.16. The van der Waals surface area contributed by atoms with Crippen LogP contribution in [-0.4, -0.2) is 31.5 Å². The predicted molar refractivity (Wildman–Crippen MR) is 80.5 cm³/mol. The quantitative estimate of drug-likeness (QED) is 0.514. The zero-order valence-corrected chi connectivity index (χ0v) is 12.3. The Morgan fingerprint density at radius 1 is 1.35 bits per heavy atom. The Balaban J connectivity index is 2.23. The minimum atomic E-state index is -0.704. The largest absolute Gasteiger partial charge is 0.496 e. The molecule has 0 saturated carbocycles. The molecule has 1 aromatic carbocycles. The van der Waals surface area contributed by atoms with E-state index in [-0.39, 0.29) is 5.69 Å². The minimum absolute atomic E-state index is 0.0822. The number of nitro benzene ring substituents is 1. The molecule has 2 rings (SSSR count). The Morgan fingerprint density at radius 2 is 2.13 bits per heavy atom. The highest BCUT2D eigenvalue weighted by Crippen LogP contribution is 2.33. The smallest absolute Gasteiger partial charge is 0.427 e. The van der Waals surface area contributed by atoms with Gasteiger partial charge in [0.15, 0.2) is 0 Å². The van der Waals surface area contributed by atoms with Crippen molar-refractivity contribution in [2.45, 2.75) is 0 Å². The number of benzene rings is 1. The number of hydrazone groups is 1. The summed E-state index contributed by atoms with van der Waals surface area (Å²) in [6, 6.07) is 7.47. The van der Waals surface area contributed by atoms with Gasteiger partial charge in [0.1, 0.15) is 17.3 Å². The molecule has 0 fully saturated rings. The molecule has 9 nitrogen and oxygen atoms in total.